The molecule has 6 heteroatoms. The first-order valence-corrected chi connectivity index (χ1v) is 7.89. The minimum atomic E-state index is -1.41. The van der Waals surface area contributed by atoms with E-state index in [4.69, 9.17) is 4.74 Å². The van der Waals surface area contributed by atoms with E-state index in [0.717, 1.165) is 5.56 Å². The van der Waals surface area contributed by atoms with Gasteiger partial charge in [-0.1, -0.05) is 24.3 Å². The van der Waals surface area contributed by atoms with E-state index in [1.807, 2.05) is 24.3 Å². The van der Waals surface area contributed by atoms with Crippen molar-refractivity contribution in [3.05, 3.63) is 35.4 Å². The summed E-state index contributed by atoms with van der Waals surface area (Å²) in [7, 11) is 1.58. The molecular formula is C17H22N2O4. The van der Waals surface area contributed by atoms with Gasteiger partial charge in [-0.3, -0.25) is 9.59 Å². The largest absolute Gasteiger partial charge is 0.383 e. The van der Waals surface area contributed by atoms with Crippen LogP contribution in [0.2, 0.25) is 0 Å². The second kappa shape index (κ2) is 6.29. The Bertz CT molecular complexity index is 618. The average Bonchev–Trinajstić information content (AvgIpc) is 2.92. The van der Waals surface area contributed by atoms with Crippen molar-refractivity contribution >= 4 is 11.8 Å². The molecule has 124 valence electrons. The number of fused-ring (bicyclic) bond motifs is 1. The van der Waals surface area contributed by atoms with Crippen LogP contribution in [-0.2, 0) is 27.2 Å². The molecule has 1 heterocycles. The molecule has 0 saturated carbocycles. The van der Waals surface area contributed by atoms with Crippen molar-refractivity contribution < 1.29 is 19.4 Å². The first-order chi connectivity index (χ1) is 11.0. The summed E-state index contributed by atoms with van der Waals surface area (Å²) in [6, 6.07) is 7.87. The summed E-state index contributed by atoms with van der Waals surface area (Å²) in [5.74, 6) is -0.449. The SMILES string of the molecule is COCCN1CN(C(=O)C2(O)CCc3ccccc3C2)CC1=O. The van der Waals surface area contributed by atoms with Gasteiger partial charge in [0.15, 0.2) is 0 Å². The highest BCUT2D eigenvalue weighted by molar-refractivity contribution is 5.92. The molecule has 2 aliphatic rings. The molecule has 6 nitrogen and oxygen atoms in total. The summed E-state index contributed by atoms with van der Waals surface area (Å²) in [6.07, 6.45) is 1.38. The van der Waals surface area contributed by atoms with Gasteiger partial charge < -0.3 is 19.6 Å². The predicted molar refractivity (Wildman–Crippen MR) is 83.6 cm³/mol. The van der Waals surface area contributed by atoms with Crippen molar-refractivity contribution in [1.82, 2.24) is 9.80 Å². The molecule has 23 heavy (non-hydrogen) atoms. The number of hydrogen-bond donors (Lipinski definition) is 1. The van der Waals surface area contributed by atoms with Crippen molar-refractivity contribution in [1.29, 1.82) is 0 Å². The number of ether oxygens (including phenoxy) is 1. The zero-order chi connectivity index (χ0) is 16.4. The molecule has 1 N–H and O–H groups in total. The molecule has 2 amide bonds. The highest BCUT2D eigenvalue weighted by Crippen LogP contribution is 2.30. The number of rotatable bonds is 4. The van der Waals surface area contributed by atoms with E-state index in [1.54, 1.807) is 12.0 Å². The number of methoxy groups -OCH3 is 1. The molecule has 3 rings (SSSR count). The van der Waals surface area contributed by atoms with Gasteiger partial charge in [-0.15, -0.1) is 0 Å². The van der Waals surface area contributed by atoms with E-state index in [1.165, 1.54) is 10.5 Å². The number of aryl methyl sites for hydroxylation is 1. The third-order valence-electron chi connectivity index (χ3n) is 4.68. The van der Waals surface area contributed by atoms with Crippen LogP contribution in [0.15, 0.2) is 24.3 Å². The second-order valence-corrected chi connectivity index (χ2v) is 6.27. The highest BCUT2D eigenvalue weighted by Gasteiger charge is 2.44. The van der Waals surface area contributed by atoms with Gasteiger partial charge >= 0.3 is 0 Å². The van der Waals surface area contributed by atoms with Crippen LogP contribution in [0, 0.1) is 0 Å². The van der Waals surface area contributed by atoms with Crippen LogP contribution in [0.4, 0.5) is 0 Å². The molecule has 1 aliphatic heterocycles. The number of carbonyl (C=O) groups excluding carboxylic acids is 2. The van der Waals surface area contributed by atoms with Crippen LogP contribution in [0.1, 0.15) is 17.5 Å². The monoisotopic (exact) mass is 318 g/mol. The number of hydrogen-bond acceptors (Lipinski definition) is 4. The van der Waals surface area contributed by atoms with Crippen molar-refractivity contribution in [3.63, 3.8) is 0 Å². The number of carbonyl (C=O) groups is 2. The highest BCUT2D eigenvalue weighted by atomic mass is 16.5. The molecule has 1 unspecified atom stereocenters. The van der Waals surface area contributed by atoms with Crippen LogP contribution in [0.25, 0.3) is 0 Å². The summed E-state index contributed by atoms with van der Waals surface area (Å²) in [5.41, 5.74) is 0.784. The Morgan fingerprint density at radius 3 is 2.83 bits per heavy atom. The lowest BCUT2D eigenvalue weighted by atomic mass is 9.79. The fourth-order valence-electron chi connectivity index (χ4n) is 3.33. The van der Waals surface area contributed by atoms with E-state index < -0.39 is 5.60 Å². The van der Waals surface area contributed by atoms with Crippen LogP contribution >= 0.6 is 0 Å². The maximum absolute atomic E-state index is 12.8. The zero-order valence-corrected chi connectivity index (χ0v) is 13.3. The van der Waals surface area contributed by atoms with Gasteiger partial charge in [-0.05, 0) is 24.0 Å². The summed E-state index contributed by atoms with van der Waals surface area (Å²) >= 11 is 0. The van der Waals surface area contributed by atoms with Gasteiger partial charge in [0.05, 0.1) is 13.3 Å². The van der Waals surface area contributed by atoms with E-state index in [0.29, 0.717) is 32.4 Å². The van der Waals surface area contributed by atoms with Crippen LogP contribution in [-0.4, -0.2) is 65.8 Å². The summed E-state index contributed by atoms with van der Waals surface area (Å²) in [6.45, 7) is 1.16. The number of aliphatic hydroxyl groups is 1. The van der Waals surface area contributed by atoms with Gasteiger partial charge in [0.2, 0.25) is 5.91 Å². The molecular weight excluding hydrogens is 296 g/mol. The van der Waals surface area contributed by atoms with Gasteiger partial charge in [0, 0.05) is 20.1 Å². The van der Waals surface area contributed by atoms with Gasteiger partial charge in [0.1, 0.15) is 12.1 Å². The predicted octanol–water partition coefficient (Wildman–Crippen LogP) is 0.181. The van der Waals surface area contributed by atoms with Crippen molar-refractivity contribution in [2.45, 2.75) is 24.9 Å². The van der Waals surface area contributed by atoms with Crippen molar-refractivity contribution in [2.75, 3.05) is 33.5 Å². The Hall–Kier alpha value is -1.92. The lowest BCUT2D eigenvalue weighted by molar-refractivity contribution is -0.152. The molecule has 1 fully saturated rings. The van der Waals surface area contributed by atoms with E-state index in [-0.39, 0.29) is 25.0 Å². The van der Waals surface area contributed by atoms with Crippen LogP contribution in [0.3, 0.4) is 0 Å². The Morgan fingerprint density at radius 2 is 2.09 bits per heavy atom. The number of benzene rings is 1. The average molecular weight is 318 g/mol. The molecule has 1 aromatic rings. The first kappa shape index (κ1) is 16.0. The molecule has 0 aromatic heterocycles. The molecule has 1 saturated heterocycles. The molecule has 1 aromatic carbocycles. The zero-order valence-electron chi connectivity index (χ0n) is 13.3. The fourth-order valence-corrected chi connectivity index (χ4v) is 3.33. The third-order valence-corrected chi connectivity index (χ3v) is 4.68. The second-order valence-electron chi connectivity index (χ2n) is 6.27. The van der Waals surface area contributed by atoms with Gasteiger partial charge in [-0.25, -0.2) is 0 Å². The van der Waals surface area contributed by atoms with Crippen molar-refractivity contribution in [2.24, 2.45) is 0 Å². The van der Waals surface area contributed by atoms with Gasteiger partial charge in [-0.2, -0.15) is 0 Å². The maximum atomic E-state index is 12.8. The van der Waals surface area contributed by atoms with E-state index in [9.17, 15) is 14.7 Å². The van der Waals surface area contributed by atoms with Crippen LogP contribution in [0.5, 0.6) is 0 Å². The minimum Gasteiger partial charge on any atom is -0.383 e. The fraction of sp³-hybridized carbons (Fsp3) is 0.529. The third kappa shape index (κ3) is 3.09. The number of amides is 2. The molecule has 1 aliphatic carbocycles. The first-order valence-electron chi connectivity index (χ1n) is 7.89. The Labute approximate surface area is 135 Å². The normalized spacial score (nSPS) is 24.0. The number of nitrogens with zero attached hydrogens (tertiary/aromatic N) is 2. The van der Waals surface area contributed by atoms with Crippen molar-refractivity contribution in [3.8, 4) is 0 Å². The maximum Gasteiger partial charge on any atom is 0.256 e. The van der Waals surface area contributed by atoms with Crippen LogP contribution < -0.4 is 0 Å². The molecule has 0 bridgehead atoms. The summed E-state index contributed by atoms with van der Waals surface area (Å²) < 4.78 is 4.98. The summed E-state index contributed by atoms with van der Waals surface area (Å²) in [4.78, 5) is 27.8. The lowest BCUT2D eigenvalue weighted by Gasteiger charge is -2.35. The Balaban J connectivity index is 1.70. The molecule has 1 atom stereocenters. The Morgan fingerprint density at radius 1 is 1.35 bits per heavy atom. The lowest BCUT2D eigenvalue weighted by Crippen LogP contribution is -2.52. The van der Waals surface area contributed by atoms with E-state index >= 15 is 0 Å². The quantitative estimate of drug-likeness (QED) is 0.860. The summed E-state index contributed by atoms with van der Waals surface area (Å²) in [5, 5.41) is 10.8. The standard InChI is InChI=1S/C17H22N2O4/c1-23-9-8-18-12-19(11-15(18)20)16(21)17(22)7-6-13-4-2-3-5-14(13)10-17/h2-5,22H,6-12H2,1H3. The minimum absolute atomic E-state index is 0.0342. The van der Waals surface area contributed by atoms with E-state index in [2.05, 4.69) is 0 Å². The smallest absolute Gasteiger partial charge is 0.256 e. The topological polar surface area (TPSA) is 70.1 Å². The van der Waals surface area contributed by atoms with Gasteiger partial charge in [0.25, 0.3) is 5.91 Å². The Kier molecular flexibility index (Phi) is 4.37. The molecule has 0 spiro atoms. The molecule has 0 radical (unpaired) electrons.